The number of benzene rings is 1. The quantitative estimate of drug-likeness (QED) is 0.806. The molecule has 0 saturated carbocycles. The van der Waals surface area contributed by atoms with Crippen molar-refractivity contribution in [1.82, 2.24) is 20.2 Å². The largest absolute Gasteiger partial charge is 0.314 e. The number of aryl methyl sites for hydroxylation is 1. The van der Waals surface area contributed by atoms with Crippen LogP contribution in [0.3, 0.4) is 0 Å². The summed E-state index contributed by atoms with van der Waals surface area (Å²) >= 11 is 0. The second kappa shape index (κ2) is 6.67. The Hall–Kier alpha value is -2.30. The highest BCUT2D eigenvalue weighted by molar-refractivity contribution is 5.79. The van der Waals surface area contributed by atoms with Gasteiger partial charge >= 0.3 is 0 Å². The first kappa shape index (κ1) is 15.2. The normalized spacial score (nSPS) is 18.8. The topological polar surface area (TPSA) is 41.0 Å². The predicted octanol–water partition coefficient (Wildman–Crippen LogP) is 3.08. The summed E-state index contributed by atoms with van der Waals surface area (Å²) in [5.41, 5.74) is 4.75. The maximum absolute atomic E-state index is 4.59. The Kier molecular flexibility index (Phi) is 4.24. The molecule has 1 atom stereocenters. The van der Waals surface area contributed by atoms with Crippen molar-refractivity contribution < 1.29 is 0 Å². The van der Waals surface area contributed by atoms with Gasteiger partial charge in [0.05, 0.1) is 5.52 Å². The lowest BCUT2D eigenvalue weighted by molar-refractivity contribution is 0.153. The van der Waals surface area contributed by atoms with Crippen LogP contribution in [-0.4, -0.2) is 34.5 Å². The summed E-state index contributed by atoms with van der Waals surface area (Å²) in [6, 6.07) is 15.4. The number of aromatic nitrogens is 2. The van der Waals surface area contributed by atoms with Gasteiger partial charge in [-0.25, -0.2) is 0 Å². The third-order valence-electron chi connectivity index (χ3n) is 4.70. The molecule has 1 unspecified atom stereocenters. The highest BCUT2D eigenvalue weighted by atomic mass is 15.2. The van der Waals surface area contributed by atoms with Gasteiger partial charge in [-0.3, -0.25) is 14.9 Å². The van der Waals surface area contributed by atoms with Crippen LogP contribution in [-0.2, 0) is 6.54 Å². The van der Waals surface area contributed by atoms with Gasteiger partial charge in [0.25, 0.3) is 0 Å². The number of pyridine rings is 2. The minimum absolute atomic E-state index is 0.374. The second-order valence-corrected chi connectivity index (χ2v) is 6.46. The molecule has 1 fully saturated rings. The van der Waals surface area contributed by atoms with Crippen LogP contribution in [0, 0.1) is 6.92 Å². The van der Waals surface area contributed by atoms with E-state index in [1.54, 1.807) is 0 Å². The van der Waals surface area contributed by atoms with Crippen LogP contribution in [0.1, 0.15) is 22.9 Å². The summed E-state index contributed by atoms with van der Waals surface area (Å²) in [7, 11) is 0. The van der Waals surface area contributed by atoms with Gasteiger partial charge in [0.15, 0.2) is 0 Å². The first-order chi connectivity index (χ1) is 11.8. The smallest absolute Gasteiger partial charge is 0.0705 e. The zero-order valence-corrected chi connectivity index (χ0v) is 13.9. The van der Waals surface area contributed by atoms with Crippen molar-refractivity contribution in [1.29, 1.82) is 0 Å². The van der Waals surface area contributed by atoms with E-state index in [-0.39, 0.29) is 0 Å². The highest BCUT2D eigenvalue weighted by Gasteiger charge is 2.23. The standard InChI is InChI=1S/C20H22N4/c1-15-4-6-17-11-16(5-7-19(17)23-15)14-24-10-9-22-13-20(24)18-3-2-8-21-12-18/h2-8,11-12,20,22H,9-10,13-14H2,1H3. The van der Waals surface area contributed by atoms with Gasteiger partial charge in [-0.05, 0) is 42.3 Å². The third kappa shape index (κ3) is 3.16. The summed E-state index contributed by atoms with van der Waals surface area (Å²) in [4.78, 5) is 11.4. The molecule has 1 aromatic carbocycles. The number of nitrogens with one attached hydrogen (secondary N) is 1. The molecule has 24 heavy (non-hydrogen) atoms. The molecule has 0 aliphatic carbocycles. The molecule has 0 radical (unpaired) electrons. The number of nitrogens with zero attached hydrogens (tertiary/aromatic N) is 3. The zero-order chi connectivity index (χ0) is 16.4. The van der Waals surface area contributed by atoms with Gasteiger partial charge in [-0.1, -0.05) is 18.2 Å². The fourth-order valence-electron chi connectivity index (χ4n) is 3.45. The molecule has 1 aliphatic rings. The van der Waals surface area contributed by atoms with Gasteiger partial charge in [0, 0.05) is 55.7 Å². The first-order valence-electron chi connectivity index (χ1n) is 8.50. The monoisotopic (exact) mass is 318 g/mol. The van der Waals surface area contributed by atoms with Gasteiger partial charge in [-0.2, -0.15) is 0 Å². The van der Waals surface area contributed by atoms with E-state index in [1.165, 1.54) is 16.5 Å². The molecule has 1 aliphatic heterocycles. The van der Waals surface area contributed by atoms with E-state index in [9.17, 15) is 0 Å². The number of rotatable bonds is 3. The fraction of sp³-hybridized carbons (Fsp3) is 0.300. The third-order valence-corrected chi connectivity index (χ3v) is 4.70. The van der Waals surface area contributed by atoms with Crippen LogP contribution in [0.5, 0.6) is 0 Å². The lowest BCUT2D eigenvalue weighted by Gasteiger charge is -2.36. The van der Waals surface area contributed by atoms with Gasteiger partial charge < -0.3 is 5.32 Å². The SMILES string of the molecule is Cc1ccc2cc(CN3CCNCC3c3cccnc3)ccc2n1. The Morgan fingerprint density at radius 1 is 1.21 bits per heavy atom. The number of fused-ring (bicyclic) bond motifs is 1. The summed E-state index contributed by atoms with van der Waals surface area (Å²) in [6.07, 6.45) is 3.82. The summed E-state index contributed by atoms with van der Waals surface area (Å²) in [5, 5.41) is 4.72. The van der Waals surface area contributed by atoms with Crippen LogP contribution in [0.4, 0.5) is 0 Å². The lowest BCUT2D eigenvalue weighted by Crippen LogP contribution is -2.45. The molecule has 122 valence electrons. The molecular formula is C20H22N4. The van der Waals surface area contributed by atoms with Crippen molar-refractivity contribution in [3.63, 3.8) is 0 Å². The first-order valence-corrected chi connectivity index (χ1v) is 8.50. The van der Waals surface area contributed by atoms with E-state index >= 15 is 0 Å². The van der Waals surface area contributed by atoms with E-state index in [2.05, 4.69) is 56.6 Å². The van der Waals surface area contributed by atoms with Crippen molar-refractivity contribution in [2.75, 3.05) is 19.6 Å². The van der Waals surface area contributed by atoms with Gasteiger partial charge in [0.1, 0.15) is 0 Å². The minimum atomic E-state index is 0.374. The summed E-state index contributed by atoms with van der Waals surface area (Å²) in [5.74, 6) is 0. The molecule has 3 aromatic rings. The maximum Gasteiger partial charge on any atom is 0.0705 e. The molecule has 0 amide bonds. The van der Waals surface area contributed by atoms with Crippen molar-refractivity contribution in [3.05, 3.63) is 71.7 Å². The lowest BCUT2D eigenvalue weighted by atomic mass is 10.0. The Morgan fingerprint density at radius 2 is 2.17 bits per heavy atom. The van der Waals surface area contributed by atoms with Crippen LogP contribution in [0.25, 0.3) is 10.9 Å². The maximum atomic E-state index is 4.59. The minimum Gasteiger partial charge on any atom is -0.314 e. The number of hydrogen-bond acceptors (Lipinski definition) is 4. The molecule has 4 heteroatoms. The molecule has 2 aromatic heterocycles. The van der Waals surface area contributed by atoms with Crippen LogP contribution in [0.2, 0.25) is 0 Å². The van der Waals surface area contributed by atoms with E-state index < -0.39 is 0 Å². The molecule has 4 rings (SSSR count). The molecule has 0 bridgehead atoms. The fourth-order valence-corrected chi connectivity index (χ4v) is 3.45. The van der Waals surface area contributed by atoms with E-state index in [4.69, 9.17) is 0 Å². The van der Waals surface area contributed by atoms with Crippen LogP contribution < -0.4 is 5.32 Å². The number of piperazine rings is 1. The van der Waals surface area contributed by atoms with Crippen molar-refractivity contribution in [2.24, 2.45) is 0 Å². The van der Waals surface area contributed by atoms with E-state index in [1.807, 2.05) is 25.4 Å². The molecule has 1 N–H and O–H groups in total. The van der Waals surface area contributed by atoms with Crippen molar-refractivity contribution >= 4 is 10.9 Å². The Labute approximate surface area is 142 Å². The van der Waals surface area contributed by atoms with Crippen LogP contribution >= 0.6 is 0 Å². The van der Waals surface area contributed by atoms with Crippen molar-refractivity contribution in [2.45, 2.75) is 19.5 Å². The van der Waals surface area contributed by atoms with E-state index in [0.717, 1.165) is 37.4 Å². The van der Waals surface area contributed by atoms with E-state index in [0.29, 0.717) is 6.04 Å². The molecular weight excluding hydrogens is 296 g/mol. The predicted molar refractivity (Wildman–Crippen MR) is 96.7 cm³/mol. The highest BCUT2D eigenvalue weighted by Crippen LogP contribution is 2.24. The Balaban J connectivity index is 1.59. The van der Waals surface area contributed by atoms with Crippen molar-refractivity contribution in [3.8, 4) is 0 Å². The second-order valence-electron chi connectivity index (χ2n) is 6.46. The summed E-state index contributed by atoms with van der Waals surface area (Å²) in [6.45, 7) is 6.03. The van der Waals surface area contributed by atoms with Crippen LogP contribution in [0.15, 0.2) is 54.9 Å². The van der Waals surface area contributed by atoms with Gasteiger partial charge in [-0.15, -0.1) is 0 Å². The molecule has 0 spiro atoms. The molecule has 3 heterocycles. The Bertz CT molecular complexity index is 831. The molecule has 4 nitrogen and oxygen atoms in total. The zero-order valence-electron chi connectivity index (χ0n) is 13.9. The number of hydrogen-bond donors (Lipinski definition) is 1. The molecule has 1 saturated heterocycles. The average Bonchev–Trinajstić information content (AvgIpc) is 2.63. The van der Waals surface area contributed by atoms with Gasteiger partial charge in [0.2, 0.25) is 0 Å². The Morgan fingerprint density at radius 3 is 3.04 bits per heavy atom. The average molecular weight is 318 g/mol. The summed E-state index contributed by atoms with van der Waals surface area (Å²) < 4.78 is 0.